The van der Waals surface area contributed by atoms with Gasteiger partial charge in [0, 0.05) is 25.0 Å². The summed E-state index contributed by atoms with van der Waals surface area (Å²) >= 11 is 0. The molecule has 0 aromatic carbocycles. The van der Waals surface area contributed by atoms with Crippen LogP contribution in [0.3, 0.4) is 0 Å². The largest absolute Gasteiger partial charge is 0.353 e. The predicted octanol–water partition coefficient (Wildman–Crippen LogP) is 1.99. The maximum Gasteiger partial charge on any atom is 0.223 e. The molecule has 1 aliphatic heterocycles. The lowest BCUT2D eigenvalue weighted by atomic mass is 9.80. The molecule has 4 aliphatic rings. The average molecular weight is 355 g/mol. The molecule has 1 N–H and O–H groups in total. The minimum absolute atomic E-state index is 0.0133. The number of carbonyl (C=O) groups excluding carboxylic acids is 1. The van der Waals surface area contributed by atoms with Crippen molar-refractivity contribution < 1.29 is 13.2 Å². The number of nitrogens with one attached hydrogen (secondary N) is 1. The maximum atomic E-state index is 12.7. The second kappa shape index (κ2) is 6.27. The number of hydrogen-bond donors (Lipinski definition) is 1. The van der Waals surface area contributed by atoms with Gasteiger partial charge in [-0.05, 0) is 75.0 Å². The van der Waals surface area contributed by atoms with E-state index in [2.05, 4.69) is 5.32 Å². The lowest BCUT2D eigenvalue weighted by Crippen LogP contribution is -2.47. The van der Waals surface area contributed by atoms with Crippen LogP contribution in [-0.4, -0.2) is 44.0 Å². The SMILES string of the molecule is CS(=O)(=O)N1CCC(C(=O)NC2CC[C@@H]3CC4CC2[C@H](C4)C3)CC1. The smallest absolute Gasteiger partial charge is 0.223 e. The molecule has 24 heavy (non-hydrogen) atoms. The second-order valence-corrected chi connectivity index (χ2v) is 10.7. The number of carbonyl (C=O) groups is 1. The van der Waals surface area contributed by atoms with Gasteiger partial charge in [-0.3, -0.25) is 4.79 Å². The molecular formula is C18H30N2O3S. The number of rotatable bonds is 3. The van der Waals surface area contributed by atoms with Gasteiger partial charge in [-0.1, -0.05) is 0 Å². The molecule has 0 radical (unpaired) electrons. The number of piperidine rings is 1. The zero-order valence-electron chi connectivity index (χ0n) is 14.6. The summed E-state index contributed by atoms with van der Waals surface area (Å²) in [5.41, 5.74) is 0. The third-order valence-electron chi connectivity index (χ3n) is 7.17. The van der Waals surface area contributed by atoms with Crippen LogP contribution in [0.2, 0.25) is 0 Å². The van der Waals surface area contributed by atoms with Gasteiger partial charge in [0.05, 0.1) is 6.26 Å². The number of fused-ring (bicyclic) bond motifs is 2. The monoisotopic (exact) mass is 354 g/mol. The van der Waals surface area contributed by atoms with Gasteiger partial charge >= 0.3 is 0 Å². The van der Waals surface area contributed by atoms with E-state index >= 15 is 0 Å². The summed E-state index contributed by atoms with van der Waals surface area (Å²) in [6.07, 6.45) is 10.5. The first-order valence-electron chi connectivity index (χ1n) is 9.65. The Bertz CT molecular complexity index is 597. The summed E-state index contributed by atoms with van der Waals surface area (Å²) in [6.45, 7) is 0.968. The van der Waals surface area contributed by atoms with Crippen molar-refractivity contribution in [2.45, 2.75) is 57.4 Å². The van der Waals surface area contributed by atoms with Crippen molar-refractivity contribution in [2.24, 2.45) is 29.6 Å². The Labute approximate surface area is 145 Å². The van der Waals surface area contributed by atoms with Gasteiger partial charge in [0.15, 0.2) is 0 Å². The van der Waals surface area contributed by atoms with Gasteiger partial charge in [-0.15, -0.1) is 0 Å². The van der Waals surface area contributed by atoms with Crippen LogP contribution < -0.4 is 5.32 Å². The van der Waals surface area contributed by atoms with E-state index in [1.54, 1.807) is 0 Å². The third-order valence-corrected chi connectivity index (χ3v) is 8.48. The number of sulfonamides is 1. The number of hydrogen-bond acceptors (Lipinski definition) is 3. The third kappa shape index (κ3) is 3.24. The van der Waals surface area contributed by atoms with Crippen LogP contribution in [0, 0.1) is 29.6 Å². The van der Waals surface area contributed by atoms with Crippen molar-refractivity contribution in [3.63, 3.8) is 0 Å². The Morgan fingerprint density at radius 2 is 1.67 bits per heavy atom. The molecular weight excluding hydrogens is 324 g/mol. The standard InChI is InChI=1S/C18H30N2O3S/c1-24(22,23)20-6-4-14(5-7-20)18(21)19-17-3-2-12-8-13-10-15(9-12)16(17)11-13/h12-17H,2-11H2,1H3,(H,19,21)/t12-,13?,15+,16?,17?/m1/s1. The van der Waals surface area contributed by atoms with E-state index in [0.29, 0.717) is 37.9 Å². The zero-order chi connectivity index (χ0) is 16.9. The Kier molecular flexibility index (Phi) is 4.40. The molecule has 3 unspecified atom stereocenters. The molecule has 5 nitrogen and oxygen atoms in total. The Morgan fingerprint density at radius 1 is 0.958 bits per heavy atom. The van der Waals surface area contributed by atoms with E-state index < -0.39 is 10.0 Å². The van der Waals surface area contributed by atoms with Crippen molar-refractivity contribution in [3.05, 3.63) is 0 Å². The number of nitrogens with zero attached hydrogens (tertiary/aromatic N) is 1. The summed E-state index contributed by atoms with van der Waals surface area (Å²) in [4.78, 5) is 12.7. The lowest BCUT2D eigenvalue weighted by molar-refractivity contribution is -0.127. The van der Waals surface area contributed by atoms with Crippen LogP contribution in [0.4, 0.5) is 0 Å². The summed E-state index contributed by atoms with van der Waals surface area (Å²) in [5, 5.41) is 3.39. The number of amides is 1. The van der Waals surface area contributed by atoms with E-state index in [0.717, 1.165) is 24.2 Å². The molecule has 3 saturated carbocycles. The highest BCUT2D eigenvalue weighted by Crippen LogP contribution is 2.53. The summed E-state index contributed by atoms with van der Waals surface area (Å²) in [7, 11) is -3.12. The molecule has 4 rings (SSSR count). The molecule has 3 bridgehead atoms. The van der Waals surface area contributed by atoms with Gasteiger partial charge < -0.3 is 5.32 Å². The normalized spacial score (nSPS) is 40.5. The first-order valence-corrected chi connectivity index (χ1v) is 11.5. The predicted molar refractivity (Wildman–Crippen MR) is 92.7 cm³/mol. The Hall–Kier alpha value is -0.620. The molecule has 0 spiro atoms. The summed E-state index contributed by atoms with van der Waals surface area (Å²) in [6, 6.07) is 0.366. The fraction of sp³-hybridized carbons (Fsp3) is 0.944. The van der Waals surface area contributed by atoms with E-state index in [4.69, 9.17) is 0 Å². The topological polar surface area (TPSA) is 66.5 Å². The fourth-order valence-electron chi connectivity index (χ4n) is 6.02. The van der Waals surface area contributed by atoms with Crippen LogP contribution in [0.25, 0.3) is 0 Å². The second-order valence-electron chi connectivity index (χ2n) is 8.73. The van der Waals surface area contributed by atoms with Gasteiger partial charge in [0.25, 0.3) is 0 Å². The van der Waals surface area contributed by atoms with Crippen molar-refractivity contribution >= 4 is 15.9 Å². The van der Waals surface area contributed by atoms with Gasteiger partial charge in [-0.2, -0.15) is 0 Å². The Balaban J connectivity index is 1.35. The summed E-state index contributed by atoms with van der Waals surface area (Å²) in [5.74, 6) is 3.52. The summed E-state index contributed by atoms with van der Waals surface area (Å²) < 4.78 is 24.7. The highest BCUT2D eigenvalue weighted by Gasteiger charge is 2.46. The molecule has 5 atom stereocenters. The lowest BCUT2D eigenvalue weighted by Gasteiger charge is -2.32. The quantitative estimate of drug-likeness (QED) is 0.843. The highest BCUT2D eigenvalue weighted by molar-refractivity contribution is 7.88. The van der Waals surface area contributed by atoms with Crippen molar-refractivity contribution in [2.75, 3.05) is 19.3 Å². The first-order chi connectivity index (χ1) is 11.4. The van der Waals surface area contributed by atoms with E-state index in [1.165, 1.54) is 42.7 Å². The minimum atomic E-state index is -3.12. The molecule has 1 saturated heterocycles. The molecule has 3 aliphatic carbocycles. The van der Waals surface area contributed by atoms with Crippen LogP contribution >= 0.6 is 0 Å². The molecule has 0 aromatic rings. The molecule has 4 fully saturated rings. The molecule has 1 heterocycles. The molecule has 6 heteroatoms. The van der Waals surface area contributed by atoms with E-state index in [9.17, 15) is 13.2 Å². The van der Waals surface area contributed by atoms with E-state index in [-0.39, 0.29) is 11.8 Å². The van der Waals surface area contributed by atoms with Crippen LogP contribution in [0.1, 0.15) is 51.4 Å². The van der Waals surface area contributed by atoms with Crippen molar-refractivity contribution in [3.8, 4) is 0 Å². The zero-order valence-corrected chi connectivity index (χ0v) is 15.4. The van der Waals surface area contributed by atoms with Crippen LogP contribution in [0.5, 0.6) is 0 Å². The van der Waals surface area contributed by atoms with Gasteiger partial charge in [-0.25, -0.2) is 12.7 Å². The molecule has 0 aromatic heterocycles. The van der Waals surface area contributed by atoms with Gasteiger partial charge in [0.2, 0.25) is 15.9 Å². The van der Waals surface area contributed by atoms with Crippen molar-refractivity contribution in [1.82, 2.24) is 9.62 Å². The molecule has 136 valence electrons. The maximum absolute atomic E-state index is 12.7. The first kappa shape index (κ1) is 16.8. The van der Waals surface area contributed by atoms with Gasteiger partial charge in [0.1, 0.15) is 0 Å². The van der Waals surface area contributed by atoms with Crippen LogP contribution in [0.15, 0.2) is 0 Å². The highest BCUT2D eigenvalue weighted by atomic mass is 32.2. The van der Waals surface area contributed by atoms with E-state index in [1.807, 2.05) is 0 Å². The van der Waals surface area contributed by atoms with Crippen molar-refractivity contribution in [1.29, 1.82) is 0 Å². The minimum Gasteiger partial charge on any atom is -0.353 e. The Morgan fingerprint density at radius 3 is 2.38 bits per heavy atom. The fourth-order valence-corrected chi connectivity index (χ4v) is 6.90. The van der Waals surface area contributed by atoms with Crippen LogP contribution in [-0.2, 0) is 14.8 Å². The average Bonchev–Trinajstić information content (AvgIpc) is 2.78. The molecule has 1 amide bonds.